The van der Waals surface area contributed by atoms with Crippen LogP contribution in [0.5, 0.6) is 5.75 Å². The molecular weight excluding hydrogens is 283 g/mol. The molecule has 0 unspecified atom stereocenters. The molecule has 0 heterocycles. The fraction of sp³-hybridized carbons (Fsp3) is 0.588. The number of carbonyl (C=O) groups excluding carboxylic acids is 1. The number of hydrogen-bond acceptors (Lipinski definition) is 2. The van der Waals surface area contributed by atoms with Crippen molar-refractivity contribution >= 4 is 6.03 Å². The molecule has 1 saturated carbocycles. The highest BCUT2D eigenvalue weighted by molar-refractivity contribution is 5.74. The van der Waals surface area contributed by atoms with Crippen LogP contribution in [0.4, 0.5) is 9.18 Å². The van der Waals surface area contributed by atoms with Gasteiger partial charge in [0.25, 0.3) is 0 Å². The van der Waals surface area contributed by atoms with Gasteiger partial charge in [-0.2, -0.15) is 0 Å². The van der Waals surface area contributed by atoms with E-state index in [1.165, 1.54) is 31.4 Å². The Kier molecular flexibility index (Phi) is 6.49. The lowest BCUT2D eigenvalue weighted by Crippen LogP contribution is -2.44. The third-order valence-electron chi connectivity index (χ3n) is 4.12. The van der Waals surface area contributed by atoms with E-state index in [4.69, 9.17) is 4.74 Å². The largest absolute Gasteiger partial charge is 0.494 e. The number of urea groups is 1. The number of benzene rings is 1. The highest BCUT2D eigenvalue weighted by Crippen LogP contribution is 2.21. The molecule has 2 amide bonds. The second-order valence-corrected chi connectivity index (χ2v) is 5.79. The molecule has 1 fully saturated rings. The number of ether oxygens (including phenoxy) is 1. The minimum absolute atomic E-state index is 0.00585. The third kappa shape index (κ3) is 5.20. The molecule has 122 valence electrons. The average molecular weight is 308 g/mol. The van der Waals surface area contributed by atoms with Gasteiger partial charge in [-0.15, -0.1) is 0 Å². The standard InChI is InChI=1S/C17H25FN2O2/c1-20(15-6-3-2-4-7-15)17(21)19-12-5-13-22-16-10-8-14(18)9-11-16/h8-11,15H,2-7,12-13H2,1H3,(H,19,21). The van der Waals surface area contributed by atoms with Crippen molar-refractivity contribution in [1.29, 1.82) is 0 Å². The summed E-state index contributed by atoms with van der Waals surface area (Å²) in [6.07, 6.45) is 6.66. The first-order chi connectivity index (χ1) is 10.7. The molecule has 0 bridgehead atoms. The van der Waals surface area contributed by atoms with Crippen molar-refractivity contribution in [2.45, 2.75) is 44.6 Å². The van der Waals surface area contributed by atoms with E-state index in [0.29, 0.717) is 24.9 Å². The molecule has 1 N–H and O–H groups in total. The minimum Gasteiger partial charge on any atom is -0.494 e. The van der Waals surface area contributed by atoms with E-state index in [2.05, 4.69) is 5.32 Å². The molecule has 0 spiro atoms. The normalized spacial score (nSPS) is 15.4. The highest BCUT2D eigenvalue weighted by atomic mass is 19.1. The maximum absolute atomic E-state index is 12.7. The van der Waals surface area contributed by atoms with Crippen molar-refractivity contribution in [3.63, 3.8) is 0 Å². The predicted molar refractivity (Wildman–Crippen MR) is 84.5 cm³/mol. The van der Waals surface area contributed by atoms with Crippen molar-refractivity contribution in [1.82, 2.24) is 10.2 Å². The Morgan fingerprint density at radius 2 is 1.95 bits per heavy atom. The fourth-order valence-corrected chi connectivity index (χ4v) is 2.75. The van der Waals surface area contributed by atoms with Crippen LogP contribution < -0.4 is 10.1 Å². The summed E-state index contributed by atoms with van der Waals surface area (Å²) < 4.78 is 18.2. The molecule has 1 aromatic carbocycles. The average Bonchev–Trinajstić information content (AvgIpc) is 2.56. The number of nitrogens with one attached hydrogen (secondary N) is 1. The molecule has 2 rings (SSSR count). The Balaban J connectivity index is 1.59. The lowest BCUT2D eigenvalue weighted by atomic mass is 9.95. The predicted octanol–water partition coefficient (Wildman–Crippen LogP) is 3.57. The monoisotopic (exact) mass is 308 g/mol. The molecule has 22 heavy (non-hydrogen) atoms. The van der Waals surface area contributed by atoms with Crippen LogP contribution in [0.3, 0.4) is 0 Å². The van der Waals surface area contributed by atoms with Crippen molar-refractivity contribution in [3.8, 4) is 5.75 Å². The zero-order chi connectivity index (χ0) is 15.8. The van der Waals surface area contributed by atoms with Gasteiger partial charge < -0.3 is 15.0 Å². The number of carbonyl (C=O) groups is 1. The quantitative estimate of drug-likeness (QED) is 0.816. The molecule has 1 aliphatic rings. The number of halogens is 1. The van der Waals surface area contributed by atoms with E-state index < -0.39 is 0 Å². The topological polar surface area (TPSA) is 41.6 Å². The van der Waals surface area contributed by atoms with Gasteiger partial charge >= 0.3 is 6.03 Å². The maximum Gasteiger partial charge on any atom is 0.317 e. The first-order valence-electron chi connectivity index (χ1n) is 8.06. The number of hydrogen-bond donors (Lipinski definition) is 1. The van der Waals surface area contributed by atoms with Crippen molar-refractivity contribution < 1.29 is 13.9 Å². The lowest BCUT2D eigenvalue weighted by Gasteiger charge is -2.31. The maximum atomic E-state index is 12.7. The van der Waals surface area contributed by atoms with Crippen molar-refractivity contribution in [2.24, 2.45) is 0 Å². The van der Waals surface area contributed by atoms with E-state index in [-0.39, 0.29) is 11.8 Å². The number of nitrogens with zero attached hydrogens (tertiary/aromatic N) is 1. The van der Waals surface area contributed by atoms with Gasteiger partial charge in [0.05, 0.1) is 6.61 Å². The van der Waals surface area contributed by atoms with Gasteiger partial charge in [-0.3, -0.25) is 0 Å². The van der Waals surface area contributed by atoms with E-state index in [1.54, 1.807) is 12.1 Å². The van der Waals surface area contributed by atoms with Crippen LogP contribution in [0.1, 0.15) is 38.5 Å². The molecule has 1 aromatic rings. The number of amides is 2. The third-order valence-corrected chi connectivity index (χ3v) is 4.12. The second-order valence-electron chi connectivity index (χ2n) is 5.79. The van der Waals surface area contributed by atoms with Crippen LogP contribution >= 0.6 is 0 Å². The fourth-order valence-electron chi connectivity index (χ4n) is 2.75. The summed E-state index contributed by atoms with van der Waals surface area (Å²) in [7, 11) is 1.88. The molecule has 4 nitrogen and oxygen atoms in total. The van der Waals surface area contributed by atoms with Gasteiger partial charge in [-0.1, -0.05) is 19.3 Å². The summed E-state index contributed by atoms with van der Waals surface area (Å²) >= 11 is 0. The van der Waals surface area contributed by atoms with Crippen molar-refractivity contribution in [2.75, 3.05) is 20.2 Å². The molecule has 0 saturated heterocycles. The summed E-state index contributed by atoms with van der Waals surface area (Å²) in [5.41, 5.74) is 0. The zero-order valence-electron chi connectivity index (χ0n) is 13.2. The summed E-state index contributed by atoms with van der Waals surface area (Å²) in [6, 6.07) is 6.32. The van der Waals surface area contributed by atoms with Gasteiger partial charge in [0.2, 0.25) is 0 Å². The van der Waals surface area contributed by atoms with Gasteiger partial charge in [0.15, 0.2) is 0 Å². The zero-order valence-corrected chi connectivity index (χ0v) is 13.2. The number of rotatable bonds is 6. The van der Waals surface area contributed by atoms with Crippen LogP contribution in [-0.2, 0) is 0 Å². The van der Waals surface area contributed by atoms with E-state index in [9.17, 15) is 9.18 Å². The molecule has 0 aliphatic heterocycles. The molecule has 5 heteroatoms. The van der Waals surface area contributed by atoms with E-state index in [1.807, 2.05) is 11.9 Å². The Bertz CT molecular complexity index is 458. The van der Waals surface area contributed by atoms with Crippen LogP contribution in [0.2, 0.25) is 0 Å². The van der Waals surface area contributed by atoms with Crippen LogP contribution in [-0.4, -0.2) is 37.2 Å². The first-order valence-corrected chi connectivity index (χ1v) is 8.06. The molecule has 1 aliphatic carbocycles. The van der Waals surface area contributed by atoms with Gasteiger partial charge in [0.1, 0.15) is 11.6 Å². The smallest absolute Gasteiger partial charge is 0.317 e. The molecule has 0 radical (unpaired) electrons. The summed E-state index contributed by atoms with van der Waals surface area (Å²) in [4.78, 5) is 13.9. The molecular formula is C17H25FN2O2. The van der Waals surface area contributed by atoms with Gasteiger partial charge in [0, 0.05) is 19.6 Å². The van der Waals surface area contributed by atoms with E-state index in [0.717, 1.165) is 19.3 Å². The van der Waals surface area contributed by atoms with Crippen LogP contribution in [0.25, 0.3) is 0 Å². The van der Waals surface area contributed by atoms with Crippen LogP contribution in [0, 0.1) is 5.82 Å². The first kappa shape index (κ1) is 16.6. The van der Waals surface area contributed by atoms with E-state index >= 15 is 0 Å². The summed E-state index contributed by atoms with van der Waals surface area (Å²) in [5.74, 6) is 0.373. The Labute approximate surface area is 131 Å². The minimum atomic E-state index is -0.273. The molecule has 0 atom stereocenters. The van der Waals surface area contributed by atoms with Crippen LogP contribution in [0.15, 0.2) is 24.3 Å². The Morgan fingerprint density at radius 1 is 1.27 bits per heavy atom. The SMILES string of the molecule is CN(C(=O)NCCCOc1ccc(F)cc1)C1CCCCC1. The van der Waals surface area contributed by atoms with Gasteiger partial charge in [-0.05, 0) is 43.5 Å². The second kappa shape index (κ2) is 8.61. The summed E-state index contributed by atoms with van der Waals surface area (Å²) in [6.45, 7) is 1.08. The summed E-state index contributed by atoms with van der Waals surface area (Å²) in [5, 5.41) is 2.92. The Hall–Kier alpha value is -1.78. The van der Waals surface area contributed by atoms with Crippen molar-refractivity contribution in [3.05, 3.63) is 30.1 Å². The Morgan fingerprint density at radius 3 is 2.64 bits per heavy atom. The van der Waals surface area contributed by atoms with Gasteiger partial charge in [-0.25, -0.2) is 9.18 Å². The molecule has 0 aromatic heterocycles. The lowest BCUT2D eigenvalue weighted by molar-refractivity contribution is 0.173. The highest BCUT2D eigenvalue weighted by Gasteiger charge is 2.21.